The zero-order valence-electron chi connectivity index (χ0n) is 11.1. The number of carbonyl (C=O) groups excluding carboxylic acids is 1. The van der Waals surface area contributed by atoms with Crippen LogP contribution in [0.5, 0.6) is 0 Å². The van der Waals surface area contributed by atoms with Crippen molar-refractivity contribution in [2.24, 2.45) is 0 Å². The molecular weight excluding hydrogens is 324 g/mol. The van der Waals surface area contributed by atoms with Crippen molar-refractivity contribution in [3.63, 3.8) is 0 Å². The van der Waals surface area contributed by atoms with Gasteiger partial charge in [0.05, 0.1) is 13.0 Å². The van der Waals surface area contributed by atoms with Gasteiger partial charge in [-0.15, -0.1) is 0 Å². The summed E-state index contributed by atoms with van der Waals surface area (Å²) in [4.78, 5) is 22.2. The van der Waals surface area contributed by atoms with Gasteiger partial charge in [-0.05, 0) is 23.6 Å². The van der Waals surface area contributed by atoms with Crippen molar-refractivity contribution < 1.29 is 14.7 Å². The lowest BCUT2D eigenvalue weighted by atomic mass is 9.98. The van der Waals surface area contributed by atoms with E-state index in [4.69, 9.17) is 5.11 Å². The second-order valence-electron chi connectivity index (χ2n) is 4.45. The topological polar surface area (TPSA) is 78.4 Å². The van der Waals surface area contributed by atoms with Crippen LogP contribution in [0.3, 0.4) is 0 Å². The highest BCUT2D eigenvalue weighted by atomic mass is 79.9. The van der Waals surface area contributed by atoms with Crippen molar-refractivity contribution in [2.75, 3.05) is 11.9 Å². The molecule has 0 aliphatic heterocycles. The molecule has 20 heavy (non-hydrogen) atoms. The highest BCUT2D eigenvalue weighted by Gasteiger charge is 2.10. The Labute approximate surface area is 126 Å². The molecule has 1 rings (SSSR count). The van der Waals surface area contributed by atoms with E-state index in [-0.39, 0.29) is 18.4 Å². The minimum absolute atomic E-state index is 0.0629. The second-order valence-corrected chi connectivity index (χ2v) is 5.57. The molecule has 1 unspecified atom stereocenters. The molecule has 0 aliphatic rings. The Bertz CT molecular complexity index is 500. The third kappa shape index (κ3) is 5.88. The predicted molar refractivity (Wildman–Crippen MR) is 82.2 cm³/mol. The molecule has 6 heteroatoms. The van der Waals surface area contributed by atoms with Gasteiger partial charge in [0.15, 0.2) is 0 Å². The van der Waals surface area contributed by atoms with Gasteiger partial charge in [0.1, 0.15) is 0 Å². The van der Waals surface area contributed by atoms with Gasteiger partial charge in [0.2, 0.25) is 0 Å². The van der Waals surface area contributed by atoms with Crippen LogP contribution < -0.4 is 10.6 Å². The maximum absolute atomic E-state index is 11.5. The summed E-state index contributed by atoms with van der Waals surface area (Å²) in [5, 5.41) is 14.0. The minimum atomic E-state index is -0.825. The van der Waals surface area contributed by atoms with Crippen molar-refractivity contribution in [3.8, 4) is 0 Å². The standard InChI is InChI=1S/C14H17BrN2O3/c1-9(7-13(18)19)11-3-5-12(6-4-11)17-14(20)16-8-10(2)15/h3-6,9H,2,7-8H2,1H3,(H,18,19)(H2,16,17,20). The highest BCUT2D eigenvalue weighted by molar-refractivity contribution is 9.11. The number of benzene rings is 1. The fraction of sp³-hybridized carbons (Fsp3) is 0.286. The van der Waals surface area contributed by atoms with Gasteiger partial charge in [0.25, 0.3) is 0 Å². The molecule has 0 saturated carbocycles. The highest BCUT2D eigenvalue weighted by Crippen LogP contribution is 2.20. The smallest absolute Gasteiger partial charge is 0.319 e. The van der Waals surface area contributed by atoms with Gasteiger partial charge >= 0.3 is 12.0 Å². The molecule has 0 aliphatic carbocycles. The Kier molecular flexibility index (Phi) is 6.24. The van der Waals surface area contributed by atoms with Crippen molar-refractivity contribution in [1.82, 2.24) is 5.32 Å². The molecule has 0 aromatic heterocycles. The molecule has 0 bridgehead atoms. The van der Waals surface area contributed by atoms with Crippen molar-refractivity contribution >= 4 is 33.6 Å². The van der Waals surface area contributed by atoms with Crippen molar-refractivity contribution in [1.29, 1.82) is 0 Å². The summed E-state index contributed by atoms with van der Waals surface area (Å²) in [6.07, 6.45) is 0.0840. The van der Waals surface area contributed by atoms with Crippen LogP contribution in [0.2, 0.25) is 0 Å². The third-order valence-electron chi connectivity index (χ3n) is 2.66. The Morgan fingerprint density at radius 3 is 2.45 bits per heavy atom. The Hall–Kier alpha value is -1.82. The van der Waals surface area contributed by atoms with E-state index in [0.717, 1.165) is 5.56 Å². The van der Waals surface area contributed by atoms with E-state index in [1.54, 1.807) is 12.1 Å². The monoisotopic (exact) mass is 340 g/mol. The molecule has 0 fully saturated rings. The molecule has 108 valence electrons. The number of carboxylic acid groups (broad SMARTS) is 1. The average molecular weight is 341 g/mol. The van der Waals surface area contributed by atoms with E-state index in [1.165, 1.54) is 0 Å². The van der Waals surface area contributed by atoms with E-state index >= 15 is 0 Å². The van der Waals surface area contributed by atoms with Gasteiger partial charge in [-0.1, -0.05) is 41.6 Å². The van der Waals surface area contributed by atoms with Gasteiger partial charge < -0.3 is 15.7 Å². The Morgan fingerprint density at radius 2 is 1.95 bits per heavy atom. The number of urea groups is 1. The average Bonchev–Trinajstić information content (AvgIpc) is 2.36. The first-order valence-corrected chi connectivity index (χ1v) is 6.87. The van der Waals surface area contributed by atoms with Crippen LogP contribution in [0, 0.1) is 0 Å². The van der Waals surface area contributed by atoms with Crippen LogP contribution in [-0.2, 0) is 4.79 Å². The Balaban J connectivity index is 2.56. The lowest BCUT2D eigenvalue weighted by Crippen LogP contribution is -2.29. The molecule has 0 saturated heterocycles. The van der Waals surface area contributed by atoms with Crippen LogP contribution in [-0.4, -0.2) is 23.7 Å². The number of halogens is 1. The summed E-state index contributed by atoms with van der Waals surface area (Å²) in [7, 11) is 0. The first-order chi connectivity index (χ1) is 9.38. The lowest BCUT2D eigenvalue weighted by Gasteiger charge is -2.11. The number of aliphatic carboxylic acids is 1. The maximum atomic E-state index is 11.5. The predicted octanol–water partition coefficient (Wildman–Crippen LogP) is 3.29. The number of carboxylic acids is 1. The summed E-state index contributed by atoms with van der Waals surface area (Å²) >= 11 is 3.15. The van der Waals surface area contributed by atoms with Crippen LogP contribution in [0.1, 0.15) is 24.8 Å². The summed E-state index contributed by atoms with van der Waals surface area (Å²) in [6, 6.07) is 6.79. The van der Waals surface area contributed by atoms with Crippen LogP contribution in [0.25, 0.3) is 0 Å². The molecule has 3 N–H and O–H groups in total. The number of carbonyl (C=O) groups is 2. The van der Waals surface area contributed by atoms with Crippen LogP contribution in [0.15, 0.2) is 35.3 Å². The van der Waals surface area contributed by atoms with Crippen LogP contribution >= 0.6 is 15.9 Å². The number of amides is 2. The quantitative estimate of drug-likeness (QED) is 0.743. The van der Waals surface area contributed by atoms with Crippen molar-refractivity contribution in [2.45, 2.75) is 19.3 Å². The summed E-state index contributed by atoms with van der Waals surface area (Å²) in [6.45, 7) is 5.81. The number of anilines is 1. The molecule has 1 aromatic carbocycles. The van der Waals surface area contributed by atoms with E-state index in [9.17, 15) is 9.59 Å². The third-order valence-corrected chi connectivity index (χ3v) is 2.94. The zero-order valence-corrected chi connectivity index (χ0v) is 12.7. The largest absolute Gasteiger partial charge is 0.481 e. The van der Waals surface area contributed by atoms with Gasteiger partial charge in [-0.3, -0.25) is 4.79 Å². The molecule has 1 aromatic rings. The van der Waals surface area contributed by atoms with Crippen LogP contribution in [0.4, 0.5) is 10.5 Å². The van der Waals surface area contributed by atoms with E-state index in [0.29, 0.717) is 16.7 Å². The fourth-order valence-electron chi connectivity index (χ4n) is 1.63. The second kappa shape index (κ2) is 7.69. The molecular formula is C14H17BrN2O3. The molecule has 0 heterocycles. The normalized spacial score (nSPS) is 11.5. The van der Waals surface area contributed by atoms with E-state index in [2.05, 4.69) is 33.1 Å². The maximum Gasteiger partial charge on any atom is 0.319 e. The number of hydrogen-bond acceptors (Lipinski definition) is 2. The Morgan fingerprint density at radius 1 is 1.35 bits per heavy atom. The zero-order chi connectivity index (χ0) is 15.1. The first-order valence-electron chi connectivity index (χ1n) is 6.08. The number of rotatable bonds is 6. The SMILES string of the molecule is C=C(Br)CNC(=O)Nc1ccc(C(C)CC(=O)O)cc1. The summed E-state index contributed by atoms with van der Waals surface area (Å²) in [5.74, 6) is -0.888. The van der Waals surface area contributed by atoms with Crippen molar-refractivity contribution in [3.05, 3.63) is 40.9 Å². The minimum Gasteiger partial charge on any atom is -0.481 e. The molecule has 0 spiro atoms. The number of hydrogen-bond donors (Lipinski definition) is 3. The summed E-state index contributed by atoms with van der Waals surface area (Å²) < 4.78 is 0.686. The number of nitrogens with one attached hydrogen (secondary N) is 2. The molecule has 0 radical (unpaired) electrons. The summed E-state index contributed by atoms with van der Waals surface area (Å²) in [5.41, 5.74) is 1.57. The van der Waals surface area contributed by atoms with Gasteiger partial charge in [-0.25, -0.2) is 4.79 Å². The fourth-order valence-corrected chi connectivity index (χ4v) is 1.77. The van der Waals surface area contributed by atoms with E-state index in [1.807, 2.05) is 19.1 Å². The molecule has 2 amide bonds. The lowest BCUT2D eigenvalue weighted by molar-refractivity contribution is -0.137. The molecule has 1 atom stereocenters. The first kappa shape index (κ1) is 16.2. The van der Waals surface area contributed by atoms with Gasteiger partial charge in [-0.2, -0.15) is 0 Å². The van der Waals surface area contributed by atoms with E-state index < -0.39 is 5.97 Å². The molecule has 5 nitrogen and oxygen atoms in total. The van der Waals surface area contributed by atoms with Gasteiger partial charge in [0, 0.05) is 10.2 Å².